The van der Waals surface area contributed by atoms with Crippen LogP contribution in [0.2, 0.25) is 0 Å². The molecule has 3 aromatic rings. The molecule has 21 heavy (non-hydrogen) atoms. The van der Waals surface area contributed by atoms with Crippen LogP contribution in [0.25, 0.3) is 10.2 Å². The van der Waals surface area contributed by atoms with Gasteiger partial charge >= 0.3 is 0 Å². The predicted molar refractivity (Wildman–Crippen MR) is 86.7 cm³/mol. The van der Waals surface area contributed by atoms with Crippen molar-refractivity contribution in [3.8, 4) is 0 Å². The van der Waals surface area contributed by atoms with E-state index < -0.39 is 0 Å². The third-order valence-corrected chi connectivity index (χ3v) is 4.78. The average Bonchev–Trinajstić information content (AvgIpc) is 2.96. The smallest absolute Gasteiger partial charge is 0.152 e. The number of aryl methyl sites for hydroxylation is 2. The van der Waals surface area contributed by atoms with Gasteiger partial charge in [-0.1, -0.05) is 13.8 Å². The number of anilines is 1. The summed E-state index contributed by atoms with van der Waals surface area (Å²) in [6.07, 6.45) is 3.78. The molecule has 0 aliphatic heterocycles. The van der Waals surface area contributed by atoms with E-state index in [9.17, 15) is 0 Å². The molecular formula is C15H19N5S. The normalized spacial score (nSPS) is 11.7. The fraction of sp³-hybridized carbons (Fsp3) is 0.400. The number of thiophene rings is 1. The summed E-state index contributed by atoms with van der Waals surface area (Å²) in [5.74, 6) is 2.72. The fourth-order valence-electron chi connectivity index (χ4n) is 2.50. The third kappa shape index (κ3) is 2.40. The van der Waals surface area contributed by atoms with Crippen LogP contribution >= 0.6 is 11.3 Å². The highest BCUT2D eigenvalue weighted by Gasteiger charge is 2.14. The zero-order valence-corrected chi connectivity index (χ0v) is 13.5. The Morgan fingerprint density at radius 2 is 2.05 bits per heavy atom. The van der Waals surface area contributed by atoms with E-state index >= 15 is 0 Å². The lowest BCUT2D eigenvalue weighted by atomic mass is 10.2. The van der Waals surface area contributed by atoms with Gasteiger partial charge in [0.2, 0.25) is 0 Å². The van der Waals surface area contributed by atoms with Gasteiger partial charge in [-0.05, 0) is 19.4 Å². The first-order valence-electron chi connectivity index (χ1n) is 7.00. The van der Waals surface area contributed by atoms with Crippen LogP contribution in [-0.4, -0.2) is 19.5 Å². The van der Waals surface area contributed by atoms with Crippen LogP contribution in [-0.2, 0) is 6.54 Å². The van der Waals surface area contributed by atoms with Crippen molar-refractivity contribution in [1.29, 1.82) is 0 Å². The van der Waals surface area contributed by atoms with E-state index in [4.69, 9.17) is 5.73 Å². The standard InChI is InChI=1S/C15H19N5S/c1-8(2)14-17-5-6-20(14)7-11-18-13(16)12-9(3)10(4)21-15(12)19-11/h5-6,8H,7H2,1-4H3,(H2,16,18,19). The van der Waals surface area contributed by atoms with Crippen LogP contribution in [0.1, 0.15) is 41.9 Å². The maximum Gasteiger partial charge on any atom is 0.152 e. The number of nitrogens with zero attached hydrogens (tertiary/aromatic N) is 4. The van der Waals surface area contributed by atoms with Crippen molar-refractivity contribution in [1.82, 2.24) is 19.5 Å². The van der Waals surface area contributed by atoms with Gasteiger partial charge in [0.05, 0.1) is 11.9 Å². The van der Waals surface area contributed by atoms with E-state index in [1.54, 1.807) is 11.3 Å². The number of aromatic nitrogens is 4. The molecule has 3 aromatic heterocycles. The second kappa shape index (κ2) is 5.11. The first-order chi connectivity index (χ1) is 9.97. The lowest BCUT2D eigenvalue weighted by Crippen LogP contribution is -2.09. The minimum absolute atomic E-state index is 0.368. The van der Waals surface area contributed by atoms with Gasteiger partial charge in [-0.15, -0.1) is 11.3 Å². The molecule has 0 aromatic carbocycles. The Kier molecular flexibility index (Phi) is 3.41. The molecule has 0 spiro atoms. The highest BCUT2D eigenvalue weighted by molar-refractivity contribution is 7.18. The molecule has 3 rings (SSSR count). The molecule has 110 valence electrons. The van der Waals surface area contributed by atoms with Gasteiger partial charge in [0, 0.05) is 23.2 Å². The van der Waals surface area contributed by atoms with E-state index in [-0.39, 0.29) is 0 Å². The van der Waals surface area contributed by atoms with Crippen LogP contribution < -0.4 is 5.73 Å². The molecule has 0 bridgehead atoms. The minimum atomic E-state index is 0.368. The fourth-order valence-corrected chi connectivity index (χ4v) is 3.56. The topological polar surface area (TPSA) is 69.6 Å². The summed E-state index contributed by atoms with van der Waals surface area (Å²) in [7, 11) is 0. The van der Waals surface area contributed by atoms with E-state index in [1.807, 2.05) is 12.4 Å². The van der Waals surface area contributed by atoms with Gasteiger partial charge in [0.25, 0.3) is 0 Å². The maximum absolute atomic E-state index is 6.13. The summed E-state index contributed by atoms with van der Waals surface area (Å²) in [5.41, 5.74) is 7.31. The number of rotatable bonds is 3. The van der Waals surface area contributed by atoms with Gasteiger partial charge in [-0.2, -0.15) is 0 Å². The quantitative estimate of drug-likeness (QED) is 0.806. The molecule has 0 aliphatic rings. The molecule has 5 nitrogen and oxygen atoms in total. The molecule has 0 amide bonds. The van der Waals surface area contributed by atoms with Crippen molar-refractivity contribution in [2.45, 2.75) is 40.2 Å². The molecule has 0 saturated heterocycles. The first-order valence-corrected chi connectivity index (χ1v) is 7.82. The molecule has 0 atom stereocenters. The minimum Gasteiger partial charge on any atom is -0.383 e. The van der Waals surface area contributed by atoms with Crippen molar-refractivity contribution in [2.24, 2.45) is 0 Å². The van der Waals surface area contributed by atoms with Crippen LogP contribution in [0.3, 0.4) is 0 Å². The van der Waals surface area contributed by atoms with E-state index in [2.05, 4.69) is 47.2 Å². The van der Waals surface area contributed by atoms with Gasteiger partial charge < -0.3 is 10.3 Å². The largest absolute Gasteiger partial charge is 0.383 e. The Hall–Kier alpha value is -1.95. The molecule has 2 N–H and O–H groups in total. The summed E-state index contributed by atoms with van der Waals surface area (Å²) in [4.78, 5) is 15.8. The zero-order valence-electron chi connectivity index (χ0n) is 12.7. The summed E-state index contributed by atoms with van der Waals surface area (Å²) in [6, 6.07) is 0. The van der Waals surface area contributed by atoms with E-state index in [0.29, 0.717) is 18.3 Å². The Morgan fingerprint density at radius 3 is 2.76 bits per heavy atom. The van der Waals surface area contributed by atoms with Crippen LogP contribution in [0, 0.1) is 13.8 Å². The molecule has 0 saturated carbocycles. The number of nitrogens with two attached hydrogens (primary N) is 1. The van der Waals surface area contributed by atoms with Crippen LogP contribution in [0.15, 0.2) is 12.4 Å². The van der Waals surface area contributed by atoms with Gasteiger partial charge in [-0.25, -0.2) is 15.0 Å². The number of imidazole rings is 1. The molecule has 0 unspecified atom stereocenters. The average molecular weight is 301 g/mol. The molecule has 3 heterocycles. The Bertz CT molecular complexity index is 800. The second-order valence-corrected chi connectivity index (χ2v) is 6.76. The molecule has 6 heteroatoms. The molecular weight excluding hydrogens is 282 g/mol. The van der Waals surface area contributed by atoms with Crippen molar-refractivity contribution in [3.05, 3.63) is 34.5 Å². The van der Waals surface area contributed by atoms with Crippen molar-refractivity contribution < 1.29 is 0 Å². The lowest BCUT2D eigenvalue weighted by Gasteiger charge is -2.10. The number of fused-ring (bicyclic) bond motifs is 1. The van der Waals surface area contributed by atoms with Gasteiger partial charge in [0.15, 0.2) is 5.82 Å². The molecule has 0 radical (unpaired) electrons. The third-order valence-electron chi connectivity index (χ3n) is 3.68. The Labute approximate surface area is 127 Å². The predicted octanol–water partition coefficient (Wildman–Crippen LogP) is 3.26. The Balaban J connectivity index is 2.03. The van der Waals surface area contributed by atoms with Crippen LogP contribution in [0.5, 0.6) is 0 Å². The van der Waals surface area contributed by atoms with Gasteiger partial charge in [-0.3, -0.25) is 0 Å². The van der Waals surface area contributed by atoms with E-state index in [1.165, 1.54) is 10.4 Å². The lowest BCUT2D eigenvalue weighted by molar-refractivity contribution is 0.652. The summed E-state index contributed by atoms with van der Waals surface area (Å²) in [6.45, 7) is 9.02. The summed E-state index contributed by atoms with van der Waals surface area (Å²) >= 11 is 1.67. The number of hydrogen-bond donors (Lipinski definition) is 1. The van der Waals surface area contributed by atoms with E-state index in [0.717, 1.165) is 21.9 Å². The SMILES string of the molecule is Cc1sc2nc(Cn3ccnc3C(C)C)nc(N)c2c1C. The zero-order chi connectivity index (χ0) is 15.1. The summed E-state index contributed by atoms with van der Waals surface area (Å²) in [5, 5.41) is 0.996. The molecule has 0 aliphatic carbocycles. The summed E-state index contributed by atoms with van der Waals surface area (Å²) < 4.78 is 2.08. The second-order valence-electron chi connectivity index (χ2n) is 5.56. The highest BCUT2D eigenvalue weighted by atomic mass is 32.1. The van der Waals surface area contributed by atoms with Crippen molar-refractivity contribution in [2.75, 3.05) is 5.73 Å². The monoisotopic (exact) mass is 301 g/mol. The van der Waals surface area contributed by atoms with Gasteiger partial charge in [0.1, 0.15) is 16.5 Å². The molecule has 0 fully saturated rings. The van der Waals surface area contributed by atoms with Crippen LogP contribution in [0.4, 0.5) is 5.82 Å². The number of nitrogen functional groups attached to an aromatic ring is 1. The highest BCUT2D eigenvalue weighted by Crippen LogP contribution is 2.32. The number of hydrogen-bond acceptors (Lipinski definition) is 5. The Morgan fingerprint density at radius 1 is 1.29 bits per heavy atom. The first kappa shape index (κ1) is 14.0. The van der Waals surface area contributed by atoms with Crippen molar-refractivity contribution >= 4 is 27.4 Å². The maximum atomic E-state index is 6.13. The van der Waals surface area contributed by atoms with Crippen molar-refractivity contribution in [3.63, 3.8) is 0 Å².